The van der Waals surface area contributed by atoms with E-state index in [4.69, 9.17) is 9.97 Å². The Kier molecular flexibility index (Phi) is 5.28. The maximum absolute atomic E-state index is 5.12. The third-order valence-corrected chi connectivity index (χ3v) is 11.9. The second kappa shape index (κ2) is 9.69. The molecule has 12 rings (SSSR count). The second-order valence-electron chi connectivity index (χ2n) is 15.7. The summed E-state index contributed by atoms with van der Waals surface area (Å²) in [4.78, 5) is 10.2. The molecule has 0 bridgehead atoms. The zero-order chi connectivity index (χ0) is 34.5. The molecule has 2 aromatic heterocycles. The fraction of sp³-hybridized carbons (Fsp3) is 0.0800. The van der Waals surface area contributed by atoms with Gasteiger partial charge in [0.2, 0.25) is 0 Å². The molecule has 0 amide bonds. The van der Waals surface area contributed by atoms with Gasteiger partial charge in [0.05, 0.1) is 11.4 Å². The van der Waals surface area contributed by atoms with Crippen LogP contribution in [0.5, 0.6) is 0 Å². The van der Waals surface area contributed by atoms with Crippen molar-refractivity contribution >= 4 is 97.0 Å². The van der Waals surface area contributed by atoms with Crippen LogP contribution < -0.4 is 0 Å². The van der Waals surface area contributed by atoms with Gasteiger partial charge in [0, 0.05) is 39.7 Å². The molecule has 0 radical (unpaired) electrons. The van der Waals surface area contributed by atoms with E-state index in [1.165, 1.54) is 114 Å². The lowest BCUT2D eigenvalue weighted by Crippen LogP contribution is -2.10. The Morgan fingerprint density at radius 3 is 1.71 bits per heavy atom. The highest BCUT2D eigenvalue weighted by atomic mass is 14.7. The highest BCUT2D eigenvalue weighted by Gasteiger charge is 2.28. The van der Waals surface area contributed by atoms with Crippen LogP contribution in [0.25, 0.3) is 119 Å². The number of fused-ring (bicyclic) bond motifs is 8. The van der Waals surface area contributed by atoms with Crippen molar-refractivity contribution in [1.29, 1.82) is 0 Å². The molecule has 0 N–H and O–H groups in total. The van der Waals surface area contributed by atoms with Crippen LogP contribution in [-0.4, -0.2) is 9.97 Å². The molecule has 0 spiro atoms. The number of hydrogen-bond donors (Lipinski definition) is 0. The van der Waals surface area contributed by atoms with E-state index in [0.717, 1.165) is 11.4 Å². The molecule has 0 aliphatic rings. The molecule has 52 heavy (non-hydrogen) atoms. The second-order valence-corrected chi connectivity index (χ2v) is 15.7. The van der Waals surface area contributed by atoms with Crippen molar-refractivity contribution in [3.63, 3.8) is 0 Å². The molecule has 2 heteroatoms. The van der Waals surface area contributed by atoms with Gasteiger partial charge in [0.25, 0.3) is 0 Å². The molecule has 0 fully saturated rings. The van der Waals surface area contributed by atoms with Crippen molar-refractivity contribution in [3.8, 4) is 22.5 Å². The van der Waals surface area contributed by atoms with Crippen LogP contribution >= 0.6 is 0 Å². The van der Waals surface area contributed by atoms with Gasteiger partial charge in [-0.05, 0) is 128 Å². The summed E-state index contributed by atoms with van der Waals surface area (Å²) in [6.45, 7) is 6.94. The van der Waals surface area contributed by atoms with E-state index in [0.29, 0.717) is 0 Å². The Morgan fingerprint density at radius 2 is 0.962 bits per heavy atom. The van der Waals surface area contributed by atoms with Gasteiger partial charge in [0.1, 0.15) is 0 Å². The molecule has 0 saturated heterocycles. The van der Waals surface area contributed by atoms with E-state index >= 15 is 0 Å². The van der Waals surface area contributed by atoms with Crippen molar-refractivity contribution < 1.29 is 0 Å². The molecular weight excluding hydrogens is 629 g/mol. The van der Waals surface area contributed by atoms with Crippen molar-refractivity contribution in [3.05, 3.63) is 145 Å². The summed E-state index contributed by atoms with van der Waals surface area (Å²) in [5.74, 6) is 0. The van der Waals surface area contributed by atoms with Crippen LogP contribution in [-0.2, 0) is 5.41 Å². The Morgan fingerprint density at radius 1 is 0.346 bits per heavy atom. The van der Waals surface area contributed by atoms with Crippen molar-refractivity contribution in [2.45, 2.75) is 26.2 Å². The highest BCUT2D eigenvalue weighted by molar-refractivity contribution is 6.47. The van der Waals surface area contributed by atoms with Crippen LogP contribution in [0.3, 0.4) is 0 Å². The molecule has 2 nitrogen and oxygen atoms in total. The largest absolute Gasteiger partial charge is 0.256 e. The minimum absolute atomic E-state index is 0.0220. The van der Waals surface area contributed by atoms with E-state index in [1.807, 2.05) is 24.5 Å². The van der Waals surface area contributed by atoms with Gasteiger partial charge in [-0.25, -0.2) is 0 Å². The van der Waals surface area contributed by atoms with Crippen LogP contribution in [0.15, 0.2) is 140 Å². The average Bonchev–Trinajstić information content (AvgIpc) is 3.68. The van der Waals surface area contributed by atoms with Gasteiger partial charge < -0.3 is 0 Å². The van der Waals surface area contributed by atoms with E-state index in [1.54, 1.807) is 0 Å². The molecule has 0 atom stereocenters. The Hall–Kier alpha value is -6.38. The third kappa shape index (κ3) is 3.49. The van der Waals surface area contributed by atoms with Gasteiger partial charge in [0.15, 0.2) is 0 Å². The zero-order valence-corrected chi connectivity index (χ0v) is 29.2. The molecule has 242 valence electrons. The molecule has 0 aliphatic heterocycles. The number of rotatable bonds is 2. The lowest BCUT2D eigenvalue weighted by atomic mass is 9.83. The fourth-order valence-electron chi connectivity index (χ4n) is 9.71. The number of nitrogens with zero attached hydrogens (tertiary/aromatic N) is 2. The summed E-state index contributed by atoms with van der Waals surface area (Å²) < 4.78 is 0. The Bertz CT molecular complexity index is 3410. The number of aromatic nitrogens is 2. The van der Waals surface area contributed by atoms with Crippen LogP contribution in [0.2, 0.25) is 0 Å². The maximum Gasteiger partial charge on any atom is 0.0714 e. The molecule has 0 aliphatic carbocycles. The molecule has 10 aromatic carbocycles. The summed E-state index contributed by atoms with van der Waals surface area (Å²) >= 11 is 0. The summed E-state index contributed by atoms with van der Waals surface area (Å²) in [6.07, 6.45) is 3.88. The third-order valence-electron chi connectivity index (χ3n) is 11.9. The molecule has 0 unspecified atom stereocenters. The highest BCUT2D eigenvalue weighted by Crippen LogP contribution is 2.55. The molecule has 0 saturated carbocycles. The zero-order valence-electron chi connectivity index (χ0n) is 29.2. The quantitative estimate of drug-likeness (QED) is 0.172. The lowest BCUT2D eigenvalue weighted by molar-refractivity contribution is 0.591. The molecule has 12 aromatic rings. The summed E-state index contributed by atoms with van der Waals surface area (Å²) in [6, 6.07) is 47.6. The Labute approximate surface area is 300 Å². The first-order chi connectivity index (χ1) is 25.5. The van der Waals surface area contributed by atoms with E-state index in [9.17, 15) is 0 Å². The maximum atomic E-state index is 5.12. The fourth-order valence-corrected chi connectivity index (χ4v) is 9.71. The average molecular weight is 661 g/mol. The minimum Gasteiger partial charge on any atom is -0.256 e. The van der Waals surface area contributed by atoms with E-state index in [2.05, 4.69) is 136 Å². The smallest absolute Gasteiger partial charge is 0.0714 e. The van der Waals surface area contributed by atoms with Crippen molar-refractivity contribution in [2.24, 2.45) is 0 Å². The van der Waals surface area contributed by atoms with Gasteiger partial charge in [-0.3, -0.25) is 9.97 Å². The number of benzene rings is 8. The normalized spacial score (nSPS) is 12.9. The van der Waals surface area contributed by atoms with Gasteiger partial charge in [-0.15, -0.1) is 0 Å². The first-order valence-corrected chi connectivity index (χ1v) is 18.2. The predicted molar refractivity (Wildman–Crippen MR) is 223 cm³/mol. The number of pyridine rings is 2. The topological polar surface area (TPSA) is 25.8 Å². The molecular formula is C50H32N2. The first-order valence-electron chi connectivity index (χ1n) is 18.2. The predicted octanol–water partition coefficient (Wildman–Crippen LogP) is 13.8. The van der Waals surface area contributed by atoms with Gasteiger partial charge in [-0.1, -0.05) is 112 Å². The van der Waals surface area contributed by atoms with Crippen molar-refractivity contribution in [1.82, 2.24) is 9.97 Å². The van der Waals surface area contributed by atoms with Crippen LogP contribution in [0.1, 0.15) is 26.3 Å². The standard InChI is InChI=1S/C50H32N2/c1-50(2,3)30-23-28-18-17-27-19-20-35-44-37(25-29(24-30)41(28)42(27)44)48-46(39-15-6-8-21-51-39)38-26-36-32-12-5-4-11-31(32)33-13-10-14-34(43(33)36)45(38)49(47(35)48)40-16-7-9-22-52-40/h4-26H,1-3H3. The minimum atomic E-state index is 0.0220. The van der Waals surface area contributed by atoms with Gasteiger partial charge >= 0.3 is 0 Å². The summed E-state index contributed by atoms with van der Waals surface area (Å²) in [5.41, 5.74) is 5.74. The molecule has 2 heterocycles. The van der Waals surface area contributed by atoms with Gasteiger partial charge in [-0.2, -0.15) is 0 Å². The SMILES string of the molecule is CC(C)(C)c1cc2ccc3ccc4c5c(-c6ccccn6)c6c(cc7c8ccccc8c8cccc6c87)c(-c6ccccn6)c5c5cc(c1)c2c3c54. The summed E-state index contributed by atoms with van der Waals surface area (Å²) in [5, 5.41) is 23.2. The number of hydrogen-bond acceptors (Lipinski definition) is 2. The van der Waals surface area contributed by atoms with E-state index in [-0.39, 0.29) is 5.41 Å². The van der Waals surface area contributed by atoms with E-state index < -0.39 is 0 Å². The summed E-state index contributed by atoms with van der Waals surface area (Å²) in [7, 11) is 0. The van der Waals surface area contributed by atoms with Crippen LogP contribution in [0, 0.1) is 0 Å². The van der Waals surface area contributed by atoms with Crippen LogP contribution in [0.4, 0.5) is 0 Å². The van der Waals surface area contributed by atoms with Crippen molar-refractivity contribution in [2.75, 3.05) is 0 Å². The monoisotopic (exact) mass is 660 g/mol. The Balaban J connectivity index is 1.44. The lowest BCUT2D eigenvalue weighted by Gasteiger charge is -2.21. The first kappa shape index (κ1) is 28.3.